The van der Waals surface area contributed by atoms with Gasteiger partial charge in [-0.05, 0) is 49.4 Å². The molecule has 2 aliphatic heterocycles. The number of likely N-dealkylation sites (N-methyl/N-ethyl adjacent to an activating group) is 1. The van der Waals surface area contributed by atoms with Gasteiger partial charge in [-0.15, -0.1) is 0 Å². The summed E-state index contributed by atoms with van der Waals surface area (Å²) in [6.45, 7) is 15.1. The van der Waals surface area contributed by atoms with Gasteiger partial charge in [0.1, 0.15) is 0 Å². The molecule has 0 aromatic heterocycles. The van der Waals surface area contributed by atoms with Gasteiger partial charge in [-0.2, -0.15) is 0 Å². The summed E-state index contributed by atoms with van der Waals surface area (Å²) in [5.41, 5.74) is 2.43. The van der Waals surface area contributed by atoms with Crippen molar-refractivity contribution in [2.24, 2.45) is 11.8 Å². The molecule has 0 aliphatic carbocycles. The molecule has 2 heterocycles. The smallest absolute Gasteiger partial charge is 0.239 e. The number of hydrogen-bond acceptors (Lipinski definition) is 4. The van der Waals surface area contributed by atoms with Crippen molar-refractivity contribution < 1.29 is 9.59 Å². The zero-order valence-electron chi connectivity index (χ0n) is 19.1. The third-order valence-electron chi connectivity index (χ3n) is 6.53. The Bertz CT molecular complexity index is 704. The molecule has 1 aromatic rings. The maximum absolute atomic E-state index is 12.6. The molecule has 0 saturated carbocycles. The first-order valence-electron chi connectivity index (χ1n) is 11.5. The number of carbonyl (C=O) groups is 2. The first-order chi connectivity index (χ1) is 14.4. The maximum atomic E-state index is 12.6. The van der Waals surface area contributed by atoms with Gasteiger partial charge < -0.3 is 10.2 Å². The molecule has 2 aliphatic rings. The second-order valence-corrected chi connectivity index (χ2v) is 9.10. The molecular weight excluding hydrogens is 376 g/mol. The number of nitrogens with zero attached hydrogens (tertiary/aromatic N) is 3. The number of hydrogen-bond donors (Lipinski definition) is 1. The number of nitrogens with one attached hydrogen (secondary N) is 1. The molecule has 0 radical (unpaired) electrons. The summed E-state index contributed by atoms with van der Waals surface area (Å²) >= 11 is 0. The van der Waals surface area contributed by atoms with Crippen LogP contribution in [0.2, 0.25) is 0 Å². The molecule has 30 heavy (non-hydrogen) atoms. The van der Waals surface area contributed by atoms with Crippen molar-refractivity contribution in [1.82, 2.24) is 20.0 Å². The molecule has 2 amide bonds. The van der Waals surface area contributed by atoms with Crippen molar-refractivity contribution in [1.29, 1.82) is 0 Å². The highest BCUT2D eigenvalue weighted by Gasteiger charge is 2.34. The lowest BCUT2D eigenvalue weighted by Gasteiger charge is -2.42. The van der Waals surface area contributed by atoms with Crippen molar-refractivity contribution in [2.45, 2.75) is 46.7 Å². The highest BCUT2D eigenvalue weighted by molar-refractivity contribution is 5.82. The summed E-state index contributed by atoms with van der Waals surface area (Å²) in [6, 6.07) is 8.49. The Balaban J connectivity index is 1.36. The number of rotatable bonds is 10. The monoisotopic (exact) mass is 414 g/mol. The minimum absolute atomic E-state index is 0.0278. The summed E-state index contributed by atoms with van der Waals surface area (Å²) in [7, 11) is 0. The fourth-order valence-corrected chi connectivity index (χ4v) is 4.61. The van der Waals surface area contributed by atoms with Crippen LogP contribution in [0.25, 0.3) is 0 Å². The molecule has 6 heteroatoms. The third kappa shape index (κ3) is 5.82. The normalized spacial score (nSPS) is 18.8. The van der Waals surface area contributed by atoms with Gasteiger partial charge in [-0.1, -0.05) is 45.0 Å². The van der Waals surface area contributed by atoms with Crippen LogP contribution < -0.4 is 5.32 Å². The molecule has 0 spiro atoms. The van der Waals surface area contributed by atoms with E-state index >= 15 is 0 Å². The van der Waals surface area contributed by atoms with Crippen LogP contribution in [0.4, 0.5) is 0 Å². The molecule has 3 rings (SSSR count). The summed E-state index contributed by atoms with van der Waals surface area (Å²) in [5.74, 6) is 1.62. The van der Waals surface area contributed by atoms with E-state index in [1.54, 1.807) is 0 Å². The van der Waals surface area contributed by atoms with E-state index in [1.807, 2.05) is 11.8 Å². The van der Waals surface area contributed by atoms with Crippen LogP contribution in [0.1, 0.15) is 38.8 Å². The lowest BCUT2D eigenvalue weighted by atomic mass is 9.91. The van der Waals surface area contributed by atoms with E-state index in [1.165, 1.54) is 5.56 Å². The highest BCUT2D eigenvalue weighted by Crippen LogP contribution is 2.22. The van der Waals surface area contributed by atoms with Crippen LogP contribution >= 0.6 is 0 Å². The Morgan fingerprint density at radius 3 is 2.23 bits per heavy atom. The van der Waals surface area contributed by atoms with Gasteiger partial charge in [-0.25, -0.2) is 0 Å². The predicted molar refractivity (Wildman–Crippen MR) is 120 cm³/mol. The SMILES string of the molecule is CCN(CC)[C@H](C)C(=O)N1CC(Cc2ccc(CNC(=O)CN3CC(C)C3)cc2)C1. The van der Waals surface area contributed by atoms with E-state index in [-0.39, 0.29) is 17.9 Å². The number of carbonyl (C=O) groups excluding carboxylic acids is 2. The summed E-state index contributed by atoms with van der Waals surface area (Å²) in [6.07, 6.45) is 1.00. The van der Waals surface area contributed by atoms with Crippen molar-refractivity contribution in [2.75, 3.05) is 45.8 Å². The van der Waals surface area contributed by atoms with E-state index in [0.717, 1.165) is 57.2 Å². The van der Waals surface area contributed by atoms with Crippen molar-refractivity contribution in [3.63, 3.8) is 0 Å². The van der Waals surface area contributed by atoms with Crippen LogP contribution in [0, 0.1) is 11.8 Å². The van der Waals surface area contributed by atoms with Gasteiger partial charge >= 0.3 is 0 Å². The Kier molecular flexibility index (Phi) is 7.89. The average molecular weight is 415 g/mol. The minimum atomic E-state index is -0.0278. The van der Waals surface area contributed by atoms with Gasteiger partial charge in [0, 0.05) is 32.7 Å². The maximum Gasteiger partial charge on any atom is 0.239 e. The van der Waals surface area contributed by atoms with Crippen LogP contribution in [-0.2, 0) is 22.6 Å². The minimum Gasteiger partial charge on any atom is -0.351 e. The van der Waals surface area contributed by atoms with E-state index in [9.17, 15) is 9.59 Å². The molecule has 166 valence electrons. The van der Waals surface area contributed by atoms with Crippen molar-refractivity contribution >= 4 is 11.8 Å². The molecule has 0 bridgehead atoms. The Labute approximate surface area is 181 Å². The zero-order chi connectivity index (χ0) is 21.7. The van der Waals surface area contributed by atoms with Crippen LogP contribution in [0.3, 0.4) is 0 Å². The standard InChI is InChI=1S/C24H38N4O2/c1-5-27(6-2)19(4)24(30)28-15-22(16-28)11-20-7-9-21(10-8-20)12-25-23(29)17-26-13-18(3)14-26/h7-10,18-19,22H,5-6,11-17H2,1-4H3,(H,25,29)/t19-/m1/s1. The van der Waals surface area contributed by atoms with Gasteiger partial charge in [0.25, 0.3) is 0 Å². The van der Waals surface area contributed by atoms with Crippen molar-refractivity contribution in [3.8, 4) is 0 Å². The molecule has 6 nitrogen and oxygen atoms in total. The van der Waals surface area contributed by atoms with Gasteiger partial charge in [0.05, 0.1) is 12.6 Å². The van der Waals surface area contributed by atoms with E-state index in [4.69, 9.17) is 0 Å². The fourth-order valence-electron chi connectivity index (χ4n) is 4.61. The van der Waals surface area contributed by atoms with Crippen LogP contribution in [-0.4, -0.2) is 78.4 Å². The largest absolute Gasteiger partial charge is 0.351 e. The molecule has 2 saturated heterocycles. The first-order valence-corrected chi connectivity index (χ1v) is 11.5. The zero-order valence-corrected chi connectivity index (χ0v) is 19.1. The molecule has 1 atom stereocenters. The Morgan fingerprint density at radius 1 is 1.07 bits per heavy atom. The Morgan fingerprint density at radius 2 is 1.67 bits per heavy atom. The molecular formula is C24H38N4O2. The molecule has 2 fully saturated rings. The summed E-state index contributed by atoms with van der Waals surface area (Å²) < 4.78 is 0. The van der Waals surface area contributed by atoms with Crippen LogP contribution in [0.15, 0.2) is 24.3 Å². The van der Waals surface area contributed by atoms with E-state index in [2.05, 4.69) is 60.2 Å². The number of likely N-dealkylation sites (tertiary alicyclic amines) is 2. The fraction of sp³-hybridized carbons (Fsp3) is 0.667. The van der Waals surface area contributed by atoms with Crippen molar-refractivity contribution in [3.05, 3.63) is 35.4 Å². The first kappa shape index (κ1) is 22.8. The number of amides is 2. The second kappa shape index (κ2) is 10.4. The van der Waals surface area contributed by atoms with E-state index < -0.39 is 0 Å². The highest BCUT2D eigenvalue weighted by atomic mass is 16.2. The van der Waals surface area contributed by atoms with E-state index in [0.29, 0.717) is 19.0 Å². The average Bonchev–Trinajstić information content (AvgIpc) is 2.69. The molecule has 0 unspecified atom stereocenters. The molecule has 1 N–H and O–H groups in total. The van der Waals surface area contributed by atoms with Crippen LogP contribution in [0.5, 0.6) is 0 Å². The van der Waals surface area contributed by atoms with Gasteiger partial charge in [0.2, 0.25) is 11.8 Å². The lowest BCUT2D eigenvalue weighted by Crippen LogP contribution is -2.56. The summed E-state index contributed by atoms with van der Waals surface area (Å²) in [4.78, 5) is 31.0. The predicted octanol–water partition coefficient (Wildman–Crippen LogP) is 1.99. The second-order valence-electron chi connectivity index (χ2n) is 9.10. The topological polar surface area (TPSA) is 55.9 Å². The quantitative estimate of drug-likeness (QED) is 0.636. The Hall–Kier alpha value is -1.92. The summed E-state index contributed by atoms with van der Waals surface area (Å²) in [5, 5.41) is 3.01. The third-order valence-corrected chi connectivity index (χ3v) is 6.53. The number of benzene rings is 1. The van der Waals surface area contributed by atoms with Gasteiger partial charge in [-0.3, -0.25) is 19.4 Å². The lowest BCUT2D eigenvalue weighted by molar-refractivity contribution is -0.142. The molecule has 1 aromatic carbocycles. The van der Waals surface area contributed by atoms with Gasteiger partial charge in [0.15, 0.2) is 0 Å².